The summed E-state index contributed by atoms with van der Waals surface area (Å²) in [5, 5.41) is 18.9. The van der Waals surface area contributed by atoms with E-state index in [0.717, 1.165) is 11.1 Å². The van der Waals surface area contributed by atoms with Crippen molar-refractivity contribution in [3.63, 3.8) is 0 Å². The van der Waals surface area contributed by atoms with Crippen LogP contribution >= 0.6 is 0 Å². The maximum atomic E-state index is 13.8. The quantitative estimate of drug-likeness (QED) is 0.850. The number of carbonyl (C=O) groups excluding carboxylic acids is 1. The van der Waals surface area contributed by atoms with Gasteiger partial charge in [-0.3, -0.25) is 4.79 Å². The topological polar surface area (TPSA) is 60.8 Å². The first-order valence-corrected chi connectivity index (χ1v) is 9.40. The molecule has 0 spiro atoms. The zero-order valence-electron chi connectivity index (χ0n) is 15.6. The number of hydrogen-bond donors (Lipinski definition) is 2. The SMILES string of the molecule is Cc1ccc(Cc2ccccc2C(=O)N2CCC(C(O)CO)CC2)cc1F. The van der Waals surface area contributed by atoms with Gasteiger partial charge in [-0.15, -0.1) is 0 Å². The molecule has 144 valence electrons. The average Bonchev–Trinajstić information content (AvgIpc) is 2.70. The number of aliphatic hydroxyl groups is 2. The molecule has 1 aliphatic heterocycles. The Morgan fingerprint density at radius 3 is 2.59 bits per heavy atom. The average molecular weight is 371 g/mol. The van der Waals surface area contributed by atoms with E-state index in [0.29, 0.717) is 43.5 Å². The van der Waals surface area contributed by atoms with Crippen molar-refractivity contribution in [3.8, 4) is 0 Å². The molecule has 0 saturated carbocycles. The van der Waals surface area contributed by atoms with Gasteiger partial charge in [0.2, 0.25) is 0 Å². The maximum absolute atomic E-state index is 13.8. The van der Waals surface area contributed by atoms with E-state index in [9.17, 15) is 14.3 Å². The number of aliphatic hydroxyl groups excluding tert-OH is 2. The lowest BCUT2D eigenvalue weighted by atomic mass is 9.91. The number of carbonyl (C=O) groups is 1. The van der Waals surface area contributed by atoms with E-state index in [4.69, 9.17) is 5.11 Å². The van der Waals surface area contributed by atoms with Crippen LogP contribution in [0.25, 0.3) is 0 Å². The minimum Gasteiger partial charge on any atom is -0.394 e. The van der Waals surface area contributed by atoms with Gasteiger partial charge in [-0.2, -0.15) is 0 Å². The summed E-state index contributed by atoms with van der Waals surface area (Å²) in [6.07, 6.45) is 1.14. The fourth-order valence-corrected chi connectivity index (χ4v) is 3.66. The van der Waals surface area contributed by atoms with Crippen LogP contribution in [-0.2, 0) is 6.42 Å². The molecule has 0 radical (unpaired) electrons. The molecule has 27 heavy (non-hydrogen) atoms. The van der Waals surface area contributed by atoms with Gasteiger partial charge < -0.3 is 15.1 Å². The van der Waals surface area contributed by atoms with Crippen LogP contribution in [0.4, 0.5) is 4.39 Å². The van der Waals surface area contributed by atoms with Gasteiger partial charge >= 0.3 is 0 Å². The van der Waals surface area contributed by atoms with Crippen molar-refractivity contribution < 1.29 is 19.4 Å². The van der Waals surface area contributed by atoms with E-state index in [-0.39, 0.29) is 24.2 Å². The Balaban J connectivity index is 1.73. The van der Waals surface area contributed by atoms with Gasteiger partial charge in [-0.05, 0) is 60.9 Å². The zero-order valence-corrected chi connectivity index (χ0v) is 15.6. The Bertz CT molecular complexity index is 800. The number of nitrogens with zero attached hydrogens (tertiary/aromatic N) is 1. The Morgan fingerprint density at radius 1 is 1.22 bits per heavy atom. The summed E-state index contributed by atoms with van der Waals surface area (Å²) in [6, 6.07) is 12.6. The third-order valence-electron chi connectivity index (χ3n) is 5.44. The summed E-state index contributed by atoms with van der Waals surface area (Å²) in [6.45, 7) is 2.62. The van der Waals surface area contributed by atoms with Crippen molar-refractivity contribution in [2.75, 3.05) is 19.7 Å². The molecule has 1 fully saturated rings. The van der Waals surface area contributed by atoms with Crippen LogP contribution in [0.1, 0.15) is 39.9 Å². The molecule has 3 rings (SSSR count). The van der Waals surface area contributed by atoms with Crippen molar-refractivity contribution in [2.24, 2.45) is 5.92 Å². The van der Waals surface area contributed by atoms with E-state index >= 15 is 0 Å². The lowest BCUT2D eigenvalue weighted by molar-refractivity contribution is 0.0179. The Kier molecular flexibility index (Phi) is 6.24. The third kappa shape index (κ3) is 4.54. The van der Waals surface area contributed by atoms with Crippen LogP contribution in [0.2, 0.25) is 0 Å². The largest absolute Gasteiger partial charge is 0.394 e. The normalized spacial score (nSPS) is 16.4. The summed E-state index contributed by atoms with van der Waals surface area (Å²) < 4.78 is 13.8. The van der Waals surface area contributed by atoms with Crippen LogP contribution < -0.4 is 0 Å². The molecule has 2 aromatic carbocycles. The molecule has 0 aliphatic carbocycles. The minimum absolute atomic E-state index is 0.0322. The summed E-state index contributed by atoms with van der Waals surface area (Å²) in [5.41, 5.74) is 2.96. The first-order chi connectivity index (χ1) is 13.0. The van der Waals surface area contributed by atoms with Crippen LogP contribution in [0.15, 0.2) is 42.5 Å². The van der Waals surface area contributed by atoms with Crippen LogP contribution in [0, 0.1) is 18.7 Å². The number of piperidine rings is 1. The van der Waals surface area contributed by atoms with E-state index in [1.807, 2.05) is 30.3 Å². The number of hydrogen-bond acceptors (Lipinski definition) is 3. The lowest BCUT2D eigenvalue weighted by Gasteiger charge is -2.34. The highest BCUT2D eigenvalue weighted by Crippen LogP contribution is 2.24. The van der Waals surface area contributed by atoms with Crippen molar-refractivity contribution in [2.45, 2.75) is 32.3 Å². The first-order valence-electron chi connectivity index (χ1n) is 9.40. The second-order valence-electron chi connectivity index (χ2n) is 7.30. The van der Waals surface area contributed by atoms with Crippen LogP contribution in [0.5, 0.6) is 0 Å². The van der Waals surface area contributed by atoms with Gasteiger partial charge in [0.05, 0.1) is 12.7 Å². The maximum Gasteiger partial charge on any atom is 0.254 e. The van der Waals surface area contributed by atoms with Gasteiger partial charge in [0.1, 0.15) is 5.82 Å². The van der Waals surface area contributed by atoms with Gasteiger partial charge in [0.25, 0.3) is 5.91 Å². The minimum atomic E-state index is -0.717. The molecule has 1 unspecified atom stereocenters. The molecular formula is C22H26FNO3. The van der Waals surface area contributed by atoms with Crippen LogP contribution in [-0.4, -0.2) is 46.8 Å². The van der Waals surface area contributed by atoms with E-state index < -0.39 is 6.10 Å². The highest BCUT2D eigenvalue weighted by molar-refractivity contribution is 5.95. The highest BCUT2D eigenvalue weighted by Gasteiger charge is 2.28. The van der Waals surface area contributed by atoms with Crippen molar-refractivity contribution >= 4 is 5.91 Å². The molecule has 1 aliphatic rings. The van der Waals surface area contributed by atoms with Crippen LogP contribution in [0.3, 0.4) is 0 Å². The molecule has 2 aromatic rings. The monoisotopic (exact) mass is 371 g/mol. The van der Waals surface area contributed by atoms with Crippen molar-refractivity contribution in [1.29, 1.82) is 0 Å². The molecule has 1 atom stereocenters. The van der Waals surface area contributed by atoms with Gasteiger partial charge in [0, 0.05) is 18.7 Å². The summed E-state index contributed by atoms with van der Waals surface area (Å²) in [5.74, 6) is -0.235. The summed E-state index contributed by atoms with van der Waals surface area (Å²) in [7, 11) is 0. The van der Waals surface area contributed by atoms with Gasteiger partial charge in [-0.25, -0.2) is 4.39 Å². The van der Waals surface area contributed by atoms with E-state index in [2.05, 4.69) is 0 Å². The molecule has 2 N–H and O–H groups in total. The Morgan fingerprint density at radius 2 is 1.93 bits per heavy atom. The molecular weight excluding hydrogens is 345 g/mol. The molecule has 5 heteroatoms. The predicted octanol–water partition coefficient (Wildman–Crippen LogP) is 2.93. The molecule has 1 saturated heterocycles. The molecule has 4 nitrogen and oxygen atoms in total. The number of amides is 1. The predicted molar refractivity (Wildman–Crippen MR) is 102 cm³/mol. The second kappa shape index (κ2) is 8.63. The number of halogens is 1. The summed E-state index contributed by atoms with van der Waals surface area (Å²) >= 11 is 0. The van der Waals surface area contributed by atoms with Crippen molar-refractivity contribution in [3.05, 3.63) is 70.5 Å². The molecule has 0 aromatic heterocycles. The zero-order chi connectivity index (χ0) is 19.4. The standard InChI is InChI=1S/C22H26FNO3/c1-15-6-7-16(13-20(15)23)12-18-4-2-3-5-19(18)22(27)24-10-8-17(9-11-24)21(26)14-25/h2-7,13,17,21,25-26H,8-12,14H2,1H3. The van der Waals surface area contributed by atoms with Gasteiger partial charge in [-0.1, -0.05) is 30.3 Å². The lowest BCUT2D eigenvalue weighted by Crippen LogP contribution is -2.42. The summed E-state index contributed by atoms with van der Waals surface area (Å²) in [4.78, 5) is 14.8. The number of aryl methyl sites for hydroxylation is 1. The van der Waals surface area contributed by atoms with Crippen molar-refractivity contribution in [1.82, 2.24) is 4.90 Å². The molecule has 0 bridgehead atoms. The fourth-order valence-electron chi connectivity index (χ4n) is 3.66. The van der Waals surface area contributed by atoms with Gasteiger partial charge in [0.15, 0.2) is 0 Å². The molecule has 1 heterocycles. The second-order valence-corrected chi connectivity index (χ2v) is 7.30. The highest BCUT2D eigenvalue weighted by atomic mass is 19.1. The smallest absolute Gasteiger partial charge is 0.254 e. The number of likely N-dealkylation sites (tertiary alicyclic amines) is 1. The Labute approximate surface area is 159 Å². The fraction of sp³-hybridized carbons (Fsp3) is 0.409. The number of rotatable bonds is 5. The van der Waals surface area contributed by atoms with E-state index in [1.165, 1.54) is 6.07 Å². The molecule has 1 amide bonds. The third-order valence-corrected chi connectivity index (χ3v) is 5.44. The number of benzene rings is 2. The first kappa shape index (κ1) is 19.5. The van der Waals surface area contributed by atoms with E-state index in [1.54, 1.807) is 17.9 Å². The Hall–Kier alpha value is -2.24.